The number of phenols is 1. The largest absolute Gasteiger partial charge is 0.507 e. The molecule has 378 valence electrons. The standard InChI is InChI=1S/C48H53ClF2N8O12/c1-3-38(62)57-13-15-58(16-14-57)44-32-28-33(49)40(41-34(50)5-4-6-36(41)60)42(51)43(32)54-48(55-44)52-12-11-39(63)56(2)17-18-67-19-20-68-21-22-69-23-24-70-25-26-71-29-7-8-30-31(27-29)47(66)59(46(30)65)35-9-10-37(61)53-45(35)64/h3-8,27-28,35,60H,1,9-26H2,2H3,(H,52,54,55)(H,53,61,64). The first kappa shape index (κ1) is 52.0. The Balaban J connectivity index is 0.764. The molecule has 3 aromatic carbocycles. The van der Waals surface area contributed by atoms with Crippen molar-refractivity contribution >= 4 is 69.7 Å². The number of ether oxygens (including phenoxy) is 5. The van der Waals surface area contributed by atoms with Crippen LogP contribution in [0.15, 0.2) is 55.1 Å². The van der Waals surface area contributed by atoms with Gasteiger partial charge in [-0.1, -0.05) is 24.2 Å². The number of phenolic OH excluding ortho intramolecular Hbond substituents is 1. The average molecular weight is 1010 g/mol. The molecule has 4 heterocycles. The minimum atomic E-state index is -1.05. The normalized spacial score (nSPS) is 15.8. The second-order valence-corrected chi connectivity index (χ2v) is 16.8. The number of carbonyl (C=O) groups is 6. The smallest absolute Gasteiger partial charge is 0.262 e. The van der Waals surface area contributed by atoms with E-state index in [0.29, 0.717) is 83.9 Å². The lowest BCUT2D eigenvalue weighted by Gasteiger charge is -2.35. The zero-order valence-corrected chi connectivity index (χ0v) is 39.6. The third kappa shape index (κ3) is 12.6. The molecule has 1 aromatic heterocycles. The van der Waals surface area contributed by atoms with Crippen LogP contribution in [0.3, 0.4) is 0 Å². The summed E-state index contributed by atoms with van der Waals surface area (Å²) in [6.07, 6.45) is 1.38. The second kappa shape index (κ2) is 24.3. The quantitative estimate of drug-likeness (QED) is 0.0518. The van der Waals surface area contributed by atoms with Gasteiger partial charge in [0.25, 0.3) is 11.8 Å². The zero-order valence-electron chi connectivity index (χ0n) is 38.9. The molecule has 3 aliphatic rings. The number of rotatable bonds is 24. The maximum Gasteiger partial charge on any atom is 0.262 e. The Kier molecular flexibility index (Phi) is 17.8. The summed E-state index contributed by atoms with van der Waals surface area (Å²) < 4.78 is 59.3. The molecule has 1 unspecified atom stereocenters. The molecule has 2 fully saturated rings. The summed E-state index contributed by atoms with van der Waals surface area (Å²) in [5.74, 6) is -4.45. The Morgan fingerprint density at radius 1 is 0.887 bits per heavy atom. The third-order valence-electron chi connectivity index (χ3n) is 11.8. The van der Waals surface area contributed by atoms with Gasteiger partial charge >= 0.3 is 0 Å². The fourth-order valence-electron chi connectivity index (χ4n) is 8.08. The number of carbonyl (C=O) groups excluding carboxylic acids is 6. The highest BCUT2D eigenvalue weighted by atomic mass is 35.5. The number of nitrogens with one attached hydrogen (secondary N) is 2. The molecular weight excluding hydrogens is 954 g/mol. The molecule has 1 atom stereocenters. The number of piperazine rings is 1. The summed E-state index contributed by atoms with van der Waals surface area (Å²) in [7, 11) is 1.64. The van der Waals surface area contributed by atoms with E-state index in [0.717, 1.165) is 11.0 Å². The molecule has 0 radical (unpaired) electrons. The SMILES string of the molecule is C=CC(=O)N1CCN(c2nc(NCCC(=O)N(C)CCOCCOCCOCCOCCOc3ccc4c(c3)C(=O)N(C3CCC(=O)NC3=O)C4=O)nc3c(F)c(-c4c(O)cccc4F)c(Cl)cc23)CC1. The van der Waals surface area contributed by atoms with Crippen molar-refractivity contribution < 1.29 is 66.3 Å². The van der Waals surface area contributed by atoms with Crippen molar-refractivity contribution in [2.45, 2.75) is 25.3 Å². The van der Waals surface area contributed by atoms with E-state index in [2.05, 4.69) is 27.2 Å². The molecule has 0 bridgehead atoms. The number of imide groups is 2. The Morgan fingerprint density at radius 3 is 2.21 bits per heavy atom. The summed E-state index contributed by atoms with van der Waals surface area (Å²) in [4.78, 5) is 89.8. The van der Waals surface area contributed by atoms with E-state index in [1.807, 2.05) is 4.90 Å². The number of hydrogen-bond donors (Lipinski definition) is 3. The van der Waals surface area contributed by atoms with Gasteiger partial charge in [-0.05, 0) is 48.9 Å². The van der Waals surface area contributed by atoms with Gasteiger partial charge < -0.3 is 48.8 Å². The van der Waals surface area contributed by atoms with E-state index in [-0.39, 0.29) is 96.0 Å². The molecule has 3 aliphatic heterocycles. The number of benzene rings is 3. The Bertz CT molecular complexity index is 2650. The van der Waals surface area contributed by atoms with Crippen molar-refractivity contribution in [1.82, 2.24) is 30.0 Å². The molecule has 4 aromatic rings. The third-order valence-corrected chi connectivity index (χ3v) is 12.1. The monoisotopic (exact) mass is 1010 g/mol. The fraction of sp³-hybridized carbons (Fsp3) is 0.417. The molecule has 71 heavy (non-hydrogen) atoms. The molecule has 6 amide bonds. The lowest BCUT2D eigenvalue weighted by atomic mass is 10.0. The first-order valence-electron chi connectivity index (χ1n) is 22.9. The molecule has 2 saturated heterocycles. The van der Waals surface area contributed by atoms with Crippen LogP contribution in [0.5, 0.6) is 11.5 Å². The van der Waals surface area contributed by atoms with Crippen molar-refractivity contribution in [2.75, 3.05) is 116 Å². The van der Waals surface area contributed by atoms with Crippen molar-refractivity contribution in [1.29, 1.82) is 0 Å². The molecule has 7 rings (SSSR count). The average Bonchev–Trinajstić information content (AvgIpc) is 3.60. The number of fused-ring (bicyclic) bond motifs is 2. The number of anilines is 2. The number of aromatic hydroxyl groups is 1. The zero-order chi connectivity index (χ0) is 50.6. The van der Waals surface area contributed by atoms with Crippen LogP contribution in [0.2, 0.25) is 5.02 Å². The first-order chi connectivity index (χ1) is 34.3. The molecule has 0 saturated carbocycles. The first-order valence-corrected chi connectivity index (χ1v) is 23.3. The minimum absolute atomic E-state index is 0.000416. The van der Waals surface area contributed by atoms with E-state index >= 15 is 4.39 Å². The van der Waals surface area contributed by atoms with Crippen molar-refractivity contribution in [3.63, 3.8) is 0 Å². The lowest BCUT2D eigenvalue weighted by molar-refractivity contribution is -0.136. The topological polar surface area (TPSA) is 232 Å². The van der Waals surface area contributed by atoms with Crippen LogP contribution in [0, 0.1) is 11.6 Å². The molecule has 23 heteroatoms. The van der Waals surface area contributed by atoms with Gasteiger partial charge in [0.1, 0.15) is 41.3 Å². The van der Waals surface area contributed by atoms with E-state index in [1.54, 1.807) is 18.0 Å². The van der Waals surface area contributed by atoms with Crippen molar-refractivity contribution in [2.24, 2.45) is 0 Å². The fourth-order valence-corrected chi connectivity index (χ4v) is 8.36. The number of likely N-dealkylation sites (N-methyl/N-ethyl adjacent to an activating group) is 1. The van der Waals surface area contributed by atoms with Gasteiger partial charge in [-0.15, -0.1) is 0 Å². The van der Waals surface area contributed by atoms with Crippen LogP contribution in [0.4, 0.5) is 20.5 Å². The Morgan fingerprint density at radius 2 is 1.55 bits per heavy atom. The van der Waals surface area contributed by atoms with Crippen LogP contribution < -0.4 is 20.3 Å². The highest BCUT2D eigenvalue weighted by Gasteiger charge is 2.44. The summed E-state index contributed by atoms with van der Waals surface area (Å²) in [6.45, 7) is 7.86. The van der Waals surface area contributed by atoms with Gasteiger partial charge in [-0.3, -0.25) is 39.0 Å². The van der Waals surface area contributed by atoms with E-state index in [1.165, 1.54) is 41.3 Å². The van der Waals surface area contributed by atoms with E-state index < -0.39 is 52.6 Å². The van der Waals surface area contributed by atoms with Crippen LogP contribution in [0.1, 0.15) is 40.0 Å². The van der Waals surface area contributed by atoms with Gasteiger partial charge in [-0.2, -0.15) is 4.98 Å². The Labute approximate surface area is 411 Å². The van der Waals surface area contributed by atoms with Crippen LogP contribution in [-0.2, 0) is 38.1 Å². The van der Waals surface area contributed by atoms with Crippen LogP contribution in [0.25, 0.3) is 22.0 Å². The summed E-state index contributed by atoms with van der Waals surface area (Å²) >= 11 is 6.56. The summed E-state index contributed by atoms with van der Waals surface area (Å²) in [5.41, 5.74) is -0.684. The Hall–Kier alpha value is -6.85. The predicted molar refractivity (Wildman–Crippen MR) is 253 cm³/mol. The number of aromatic nitrogens is 2. The lowest BCUT2D eigenvalue weighted by Crippen LogP contribution is -2.54. The maximum atomic E-state index is 16.4. The number of amides is 6. The number of hydrogen-bond acceptors (Lipinski definition) is 16. The van der Waals surface area contributed by atoms with E-state index in [9.17, 15) is 38.3 Å². The molecule has 3 N–H and O–H groups in total. The van der Waals surface area contributed by atoms with Crippen LogP contribution in [-0.4, -0.2) is 177 Å². The molecular formula is C48H53ClF2N8O12. The van der Waals surface area contributed by atoms with Gasteiger partial charge in [0.05, 0.1) is 74.6 Å². The van der Waals surface area contributed by atoms with Gasteiger partial charge in [0, 0.05) is 70.1 Å². The molecule has 0 spiro atoms. The number of nitrogens with zero attached hydrogens (tertiary/aromatic N) is 6. The predicted octanol–water partition coefficient (Wildman–Crippen LogP) is 3.58. The van der Waals surface area contributed by atoms with Crippen LogP contribution >= 0.6 is 11.6 Å². The van der Waals surface area contributed by atoms with Crippen molar-refractivity contribution in [3.8, 4) is 22.6 Å². The van der Waals surface area contributed by atoms with E-state index in [4.69, 9.17) is 35.3 Å². The van der Waals surface area contributed by atoms with Gasteiger partial charge in [-0.25, -0.2) is 13.8 Å². The summed E-state index contributed by atoms with van der Waals surface area (Å²) in [6, 6.07) is 8.44. The number of piperidine rings is 1. The maximum absolute atomic E-state index is 16.4. The van der Waals surface area contributed by atoms with Gasteiger partial charge in [0.15, 0.2) is 5.82 Å². The van der Waals surface area contributed by atoms with Crippen molar-refractivity contribution in [3.05, 3.63) is 82.9 Å². The summed E-state index contributed by atoms with van der Waals surface area (Å²) in [5, 5.41) is 15.7. The highest BCUT2D eigenvalue weighted by molar-refractivity contribution is 6.34. The second-order valence-electron chi connectivity index (χ2n) is 16.4. The minimum Gasteiger partial charge on any atom is -0.507 e. The molecule has 0 aliphatic carbocycles. The molecule has 20 nitrogen and oxygen atoms in total. The van der Waals surface area contributed by atoms with Gasteiger partial charge in [0.2, 0.25) is 29.6 Å². The number of halogens is 3. The highest BCUT2D eigenvalue weighted by Crippen LogP contribution is 2.42.